The van der Waals surface area contributed by atoms with E-state index in [1.807, 2.05) is 0 Å². The van der Waals surface area contributed by atoms with Gasteiger partial charge in [-0.1, -0.05) is 39.0 Å². The summed E-state index contributed by atoms with van der Waals surface area (Å²) >= 11 is 0. The molecule has 0 heterocycles. The molecule has 2 heteroatoms. The zero-order valence-electron chi connectivity index (χ0n) is 10.5. The molecule has 0 aromatic rings. The first-order valence-corrected chi connectivity index (χ1v) is 6.71. The number of nitrogens with two attached hydrogens (primary N) is 1. The van der Waals surface area contributed by atoms with Crippen molar-refractivity contribution in [1.29, 1.82) is 0 Å². The van der Waals surface area contributed by atoms with E-state index in [2.05, 4.69) is 18.9 Å². The molecule has 1 fully saturated rings. The first-order valence-electron chi connectivity index (χ1n) is 6.71. The lowest BCUT2D eigenvalue weighted by Crippen LogP contribution is -2.39. The van der Waals surface area contributed by atoms with E-state index in [4.69, 9.17) is 5.73 Å². The molecule has 1 aliphatic carbocycles. The number of hydrogen-bond donors (Lipinski definition) is 1. The van der Waals surface area contributed by atoms with E-state index < -0.39 is 0 Å². The molecule has 0 aromatic heterocycles. The zero-order chi connectivity index (χ0) is 11.1. The minimum Gasteiger partial charge on any atom is -0.329 e. The van der Waals surface area contributed by atoms with Crippen LogP contribution in [0.25, 0.3) is 0 Å². The Morgan fingerprint density at radius 1 is 1.20 bits per heavy atom. The van der Waals surface area contributed by atoms with E-state index in [9.17, 15) is 0 Å². The Balaban J connectivity index is 2.05. The lowest BCUT2D eigenvalue weighted by Gasteiger charge is -2.26. The molecule has 1 aliphatic rings. The molecule has 2 nitrogen and oxygen atoms in total. The van der Waals surface area contributed by atoms with Gasteiger partial charge < -0.3 is 5.73 Å². The fourth-order valence-corrected chi connectivity index (χ4v) is 2.25. The maximum Gasteiger partial charge on any atom is 0.0218 e. The SMILES string of the molecule is CCCCCCCC(CN)N(C)C1CC1. The number of unbranched alkanes of at least 4 members (excludes halogenated alkanes) is 4. The Morgan fingerprint density at radius 3 is 2.40 bits per heavy atom. The Bertz CT molecular complexity index is 155. The Hall–Kier alpha value is -0.0800. The largest absolute Gasteiger partial charge is 0.329 e. The summed E-state index contributed by atoms with van der Waals surface area (Å²) in [6, 6.07) is 1.49. The third-order valence-electron chi connectivity index (χ3n) is 3.61. The quantitative estimate of drug-likeness (QED) is 0.595. The minimum absolute atomic E-state index is 0.638. The highest BCUT2D eigenvalue weighted by molar-refractivity contribution is 4.86. The highest BCUT2D eigenvalue weighted by Crippen LogP contribution is 2.28. The number of hydrogen-bond acceptors (Lipinski definition) is 2. The van der Waals surface area contributed by atoms with Crippen molar-refractivity contribution in [2.75, 3.05) is 13.6 Å². The van der Waals surface area contributed by atoms with E-state index in [0.717, 1.165) is 12.6 Å². The van der Waals surface area contributed by atoms with Gasteiger partial charge in [-0.2, -0.15) is 0 Å². The number of likely N-dealkylation sites (N-methyl/N-ethyl adjacent to an activating group) is 1. The van der Waals surface area contributed by atoms with Gasteiger partial charge in [0, 0.05) is 18.6 Å². The van der Waals surface area contributed by atoms with Gasteiger partial charge in [-0.15, -0.1) is 0 Å². The third-order valence-corrected chi connectivity index (χ3v) is 3.61. The van der Waals surface area contributed by atoms with Crippen LogP contribution in [0.1, 0.15) is 58.3 Å². The normalized spacial score (nSPS) is 18.4. The van der Waals surface area contributed by atoms with Gasteiger partial charge in [-0.05, 0) is 26.3 Å². The van der Waals surface area contributed by atoms with E-state index in [-0.39, 0.29) is 0 Å². The summed E-state index contributed by atoms with van der Waals surface area (Å²) in [6.45, 7) is 3.10. The molecule has 0 aromatic carbocycles. The molecule has 1 rings (SSSR count). The summed E-state index contributed by atoms with van der Waals surface area (Å²) < 4.78 is 0. The monoisotopic (exact) mass is 212 g/mol. The highest BCUT2D eigenvalue weighted by Gasteiger charge is 2.29. The van der Waals surface area contributed by atoms with Crippen LogP contribution < -0.4 is 5.73 Å². The average Bonchev–Trinajstić information content (AvgIpc) is 3.06. The van der Waals surface area contributed by atoms with Crippen LogP contribution in [-0.4, -0.2) is 30.6 Å². The number of rotatable bonds is 9. The zero-order valence-corrected chi connectivity index (χ0v) is 10.5. The van der Waals surface area contributed by atoms with E-state index in [1.165, 1.54) is 51.4 Å². The van der Waals surface area contributed by atoms with Crippen molar-refractivity contribution in [1.82, 2.24) is 4.90 Å². The van der Waals surface area contributed by atoms with Crippen LogP contribution >= 0.6 is 0 Å². The van der Waals surface area contributed by atoms with Crippen molar-refractivity contribution in [2.45, 2.75) is 70.4 Å². The van der Waals surface area contributed by atoms with Crippen LogP contribution in [0.2, 0.25) is 0 Å². The number of nitrogens with zero attached hydrogens (tertiary/aromatic N) is 1. The molecule has 2 N–H and O–H groups in total. The minimum atomic E-state index is 0.638. The molecule has 0 bridgehead atoms. The van der Waals surface area contributed by atoms with Crippen LogP contribution in [0.3, 0.4) is 0 Å². The first kappa shape index (κ1) is 13.0. The van der Waals surface area contributed by atoms with Crippen LogP contribution in [0, 0.1) is 0 Å². The van der Waals surface area contributed by atoms with Gasteiger partial charge in [0.25, 0.3) is 0 Å². The van der Waals surface area contributed by atoms with Crippen LogP contribution in [-0.2, 0) is 0 Å². The van der Waals surface area contributed by atoms with Crippen LogP contribution in [0.4, 0.5) is 0 Å². The smallest absolute Gasteiger partial charge is 0.0218 e. The summed E-state index contributed by atoms with van der Waals surface area (Å²) in [4.78, 5) is 2.51. The fraction of sp³-hybridized carbons (Fsp3) is 1.00. The fourth-order valence-electron chi connectivity index (χ4n) is 2.25. The van der Waals surface area contributed by atoms with Crippen molar-refractivity contribution in [3.63, 3.8) is 0 Å². The van der Waals surface area contributed by atoms with Gasteiger partial charge in [-0.3, -0.25) is 4.90 Å². The van der Waals surface area contributed by atoms with E-state index in [0.29, 0.717) is 6.04 Å². The molecule has 1 saturated carbocycles. The Morgan fingerprint density at radius 2 is 1.87 bits per heavy atom. The van der Waals surface area contributed by atoms with Gasteiger partial charge >= 0.3 is 0 Å². The predicted molar refractivity (Wildman–Crippen MR) is 67.0 cm³/mol. The van der Waals surface area contributed by atoms with Gasteiger partial charge in [0.1, 0.15) is 0 Å². The Kier molecular flexibility index (Phi) is 6.26. The summed E-state index contributed by atoms with van der Waals surface area (Å²) in [7, 11) is 2.25. The molecule has 1 unspecified atom stereocenters. The highest BCUT2D eigenvalue weighted by atomic mass is 15.2. The molecule has 15 heavy (non-hydrogen) atoms. The summed E-state index contributed by atoms with van der Waals surface area (Å²) in [6.07, 6.45) is 11.0. The second-order valence-electron chi connectivity index (χ2n) is 4.99. The Labute approximate surface area is 95.2 Å². The summed E-state index contributed by atoms with van der Waals surface area (Å²) in [5.41, 5.74) is 5.84. The lowest BCUT2D eigenvalue weighted by atomic mass is 10.1. The maximum absolute atomic E-state index is 5.84. The first-order chi connectivity index (χ1) is 7.29. The molecular formula is C13H28N2. The molecule has 0 radical (unpaired) electrons. The van der Waals surface area contributed by atoms with Crippen molar-refractivity contribution in [3.8, 4) is 0 Å². The summed E-state index contributed by atoms with van der Waals surface area (Å²) in [5.74, 6) is 0. The van der Waals surface area contributed by atoms with Crippen molar-refractivity contribution in [3.05, 3.63) is 0 Å². The van der Waals surface area contributed by atoms with Gasteiger partial charge in [0.05, 0.1) is 0 Å². The lowest BCUT2D eigenvalue weighted by molar-refractivity contribution is 0.221. The molecule has 0 aliphatic heterocycles. The predicted octanol–water partition coefficient (Wildman–Crippen LogP) is 2.77. The second-order valence-corrected chi connectivity index (χ2v) is 4.99. The maximum atomic E-state index is 5.84. The van der Waals surface area contributed by atoms with Gasteiger partial charge in [0.15, 0.2) is 0 Å². The van der Waals surface area contributed by atoms with Crippen molar-refractivity contribution in [2.24, 2.45) is 5.73 Å². The van der Waals surface area contributed by atoms with Crippen LogP contribution in [0.5, 0.6) is 0 Å². The van der Waals surface area contributed by atoms with Gasteiger partial charge in [0.2, 0.25) is 0 Å². The molecule has 90 valence electrons. The van der Waals surface area contributed by atoms with Gasteiger partial charge in [-0.25, -0.2) is 0 Å². The van der Waals surface area contributed by atoms with Crippen molar-refractivity contribution < 1.29 is 0 Å². The molecular weight excluding hydrogens is 184 g/mol. The molecule has 1 atom stereocenters. The second kappa shape index (κ2) is 7.24. The standard InChI is InChI=1S/C13H28N2/c1-3-4-5-6-7-8-13(11-14)15(2)12-9-10-12/h12-13H,3-11,14H2,1-2H3. The molecule has 0 saturated heterocycles. The average molecular weight is 212 g/mol. The molecule has 0 amide bonds. The topological polar surface area (TPSA) is 29.3 Å². The van der Waals surface area contributed by atoms with E-state index in [1.54, 1.807) is 0 Å². The third kappa shape index (κ3) is 4.98. The van der Waals surface area contributed by atoms with E-state index >= 15 is 0 Å². The van der Waals surface area contributed by atoms with Crippen molar-refractivity contribution >= 4 is 0 Å². The summed E-state index contributed by atoms with van der Waals surface area (Å²) in [5, 5.41) is 0. The molecule has 0 spiro atoms. The van der Waals surface area contributed by atoms with Crippen LogP contribution in [0.15, 0.2) is 0 Å².